The molecule has 1 aromatic rings. The minimum atomic E-state index is 0.462. The average Bonchev–Trinajstić information content (AvgIpc) is 2.31. The van der Waals surface area contributed by atoms with Crippen LogP contribution in [0.2, 0.25) is 0 Å². The van der Waals surface area contributed by atoms with Crippen molar-refractivity contribution in [1.82, 2.24) is 5.32 Å². The summed E-state index contributed by atoms with van der Waals surface area (Å²) >= 11 is 0. The van der Waals surface area contributed by atoms with E-state index in [9.17, 15) is 0 Å². The monoisotopic (exact) mass is 201 g/mol. The second kappa shape index (κ2) is 6.27. The Balaban J connectivity index is 2.65. The van der Waals surface area contributed by atoms with E-state index in [4.69, 9.17) is 6.42 Å². The highest BCUT2D eigenvalue weighted by Gasteiger charge is 2.15. The molecule has 2 atom stereocenters. The van der Waals surface area contributed by atoms with E-state index in [1.165, 1.54) is 5.56 Å². The first-order valence-electron chi connectivity index (χ1n) is 5.45. The lowest BCUT2D eigenvalue weighted by molar-refractivity contribution is 0.461. The van der Waals surface area contributed by atoms with Gasteiger partial charge >= 0.3 is 0 Å². The SMILES string of the molecule is C#CCCC(NC)C(C)c1ccccc1. The minimum absolute atomic E-state index is 0.462. The molecule has 80 valence electrons. The molecule has 0 bridgehead atoms. The maximum Gasteiger partial charge on any atom is 0.0139 e. The predicted molar refractivity (Wildman–Crippen MR) is 65.8 cm³/mol. The summed E-state index contributed by atoms with van der Waals surface area (Å²) in [5, 5.41) is 3.34. The fourth-order valence-electron chi connectivity index (χ4n) is 1.87. The summed E-state index contributed by atoms with van der Waals surface area (Å²) in [7, 11) is 2.00. The van der Waals surface area contributed by atoms with Gasteiger partial charge in [0, 0.05) is 12.5 Å². The van der Waals surface area contributed by atoms with Crippen LogP contribution in [0, 0.1) is 12.3 Å². The molecule has 15 heavy (non-hydrogen) atoms. The summed E-state index contributed by atoms with van der Waals surface area (Å²) in [5.41, 5.74) is 1.37. The lowest BCUT2D eigenvalue weighted by Crippen LogP contribution is -2.30. The van der Waals surface area contributed by atoms with Crippen LogP contribution in [-0.2, 0) is 0 Å². The predicted octanol–water partition coefficient (Wildman–Crippen LogP) is 2.79. The Kier molecular flexibility index (Phi) is 4.93. The van der Waals surface area contributed by atoms with Gasteiger partial charge in [-0.25, -0.2) is 0 Å². The highest BCUT2D eigenvalue weighted by atomic mass is 14.9. The summed E-state index contributed by atoms with van der Waals surface area (Å²) in [6.45, 7) is 2.24. The van der Waals surface area contributed by atoms with Gasteiger partial charge in [-0.1, -0.05) is 37.3 Å². The van der Waals surface area contributed by atoms with Crippen molar-refractivity contribution in [2.45, 2.75) is 31.7 Å². The van der Waals surface area contributed by atoms with Crippen LogP contribution in [0.1, 0.15) is 31.2 Å². The summed E-state index contributed by atoms with van der Waals surface area (Å²) in [5.74, 6) is 3.20. The van der Waals surface area contributed by atoms with Gasteiger partial charge in [-0.2, -0.15) is 0 Å². The van der Waals surface area contributed by atoms with Crippen molar-refractivity contribution in [2.75, 3.05) is 7.05 Å². The van der Waals surface area contributed by atoms with Gasteiger partial charge in [-0.15, -0.1) is 12.3 Å². The first kappa shape index (κ1) is 11.8. The molecule has 0 saturated heterocycles. The van der Waals surface area contributed by atoms with Crippen molar-refractivity contribution in [3.63, 3.8) is 0 Å². The Morgan fingerprint density at radius 1 is 1.33 bits per heavy atom. The topological polar surface area (TPSA) is 12.0 Å². The molecule has 0 heterocycles. The second-order valence-electron chi connectivity index (χ2n) is 3.84. The summed E-state index contributed by atoms with van der Waals surface area (Å²) < 4.78 is 0. The van der Waals surface area contributed by atoms with Crippen molar-refractivity contribution < 1.29 is 0 Å². The summed E-state index contributed by atoms with van der Waals surface area (Å²) in [6, 6.07) is 11.0. The molecule has 1 heteroatoms. The fraction of sp³-hybridized carbons (Fsp3) is 0.429. The van der Waals surface area contributed by atoms with Crippen LogP contribution in [0.15, 0.2) is 30.3 Å². The van der Waals surface area contributed by atoms with Crippen LogP contribution in [0.5, 0.6) is 0 Å². The Morgan fingerprint density at radius 3 is 2.53 bits per heavy atom. The second-order valence-corrected chi connectivity index (χ2v) is 3.84. The van der Waals surface area contributed by atoms with E-state index in [1.54, 1.807) is 0 Å². The molecule has 1 N–H and O–H groups in total. The average molecular weight is 201 g/mol. The molecular formula is C14H19N. The van der Waals surface area contributed by atoms with Crippen LogP contribution in [-0.4, -0.2) is 13.1 Å². The Morgan fingerprint density at radius 2 is 2.00 bits per heavy atom. The molecule has 0 aliphatic rings. The molecule has 0 aromatic heterocycles. The number of hydrogen-bond donors (Lipinski definition) is 1. The molecule has 0 aliphatic carbocycles. The van der Waals surface area contributed by atoms with Crippen molar-refractivity contribution in [1.29, 1.82) is 0 Å². The third-order valence-electron chi connectivity index (χ3n) is 2.90. The Bertz CT molecular complexity index is 310. The van der Waals surface area contributed by atoms with E-state index in [-0.39, 0.29) is 0 Å². The maximum absolute atomic E-state index is 5.29. The highest BCUT2D eigenvalue weighted by Crippen LogP contribution is 2.21. The number of rotatable bonds is 5. The number of nitrogens with one attached hydrogen (secondary N) is 1. The molecule has 0 fully saturated rings. The molecule has 1 aromatic carbocycles. The normalized spacial score (nSPS) is 14.2. The van der Waals surface area contributed by atoms with Crippen molar-refractivity contribution in [2.24, 2.45) is 0 Å². The molecule has 1 rings (SSSR count). The van der Waals surface area contributed by atoms with E-state index < -0.39 is 0 Å². The summed E-state index contributed by atoms with van der Waals surface area (Å²) in [6.07, 6.45) is 7.16. The largest absolute Gasteiger partial charge is 0.316 e. The van der Waals surface area contributed by atoms with Gasteiger partial charge in [0.15, 0.2) is 0 Å². The van der Waals surface area contributed by atoms with Gasteiger partial charge < -0.3 is 5.32 Å². The van der Waals surface area contributed by atoms with Gasteiger partial charge in [0.25, 0.3) is 0 Å². The van der Waals surface area contributed by atoms with E-state index in [2.05, 4.69) is 42.4 Å². The third-order valence-corrected chi connectivity index (χ3v) is 2.90. The van der Waals surface area contributed by atoms with Crippen LogP contribution in [0.3, 0.4) is 0 Å². The molecule has 0 amide bonds. The van der Waals surface area contributed by atoms with E-state index in [0.717, 1.165) is 12.8 Å². The van der Waals surface area contributed by atoms with Crippen molar-refractivity contribution >= 4 is 0 Å². The maximum atomic E-state index is 5.29. The standard InChI is InChI=1S/C14H19N/c1-4-5-11-14(15-3)12(2)13-9-7-6-8-10-13/h1,6-10,12,14-15H,5,11H2,2-3H3. The zero-order valence-electron chi connectivity index (χ0n) is 9.53. The van der Waals surface area contributed by atoms with Gasteiger partial charge in [0.05, 0.1) is 0 Å². The number of hydrogen-bond acceptors (Lipinski definition) is 1. The van der Waals surface area contributed by atoms with Crippen LogP contribution >= 0.6 is 0 Å². The third kappa shape index (κ3) is 3.42. The fourth-order valence-corrected chi connectivity index (χ4v) is 1.87. The molecule has 0 aliphatic heterocycles. The highest BCUT2D eigenvalue weighted by molar-refractivity contribution is 5.20. The number of benzene rings is 1. The zero-order valence-corrected chi connectivity index (χ0v) is 9.53. The molecule has 1 nitrogen and oxygen atoms in total. The lowest BCUT2D eigenvalue weighted by atomic mass is 9.90. The molecule has 2 unspecified atom stereocenters. The van der Waals surface area contributed by atoms with Crippen molar-refractivity contribution in [3.05, 3.63) is 35.9 Å². The van der Waals surface area contributed by atoms with E-state index in [1.807, 2.05) is 13.1 Å². The van der Waals surface area contributed by atoms with Gasteiger partial charge in [0.1, 0.15) is 0 Å². The van der Waals surface area contributed by atoms with Gasteiger partial charge in [-0.05, 0) is 24.9 Å². The minimum Gasteiger partial charge on any atom is -0.316 e. The number of likely N-dealkylation sites (N-methyl/N-ethyl adjacent to an activating group) is 1. The van der Waals surface area contributed by atoms with Crippen LogP contribution in [0.4, 0.5) is 0 Å². The quantitative estimate of drug-likeness (QED) is 0.722. The molecular weight excluding hydrogens is 182 g/mol. The lowest BCUT2D eigenvalue weighted by Gasteiger charge is -2.23. The molecule has 0 spiro atoms. The van der Waals surface area contributed by atoms with E-state index in [0.29, 0.717) is 12.0 Å². The number of terminal acetylenes is 1. The Hall–Kier alpha value is -1.26. The van der Waals surface area contributed by atoms with E-state index >= 15 is 0 Å². The Labute approximate surface area is 92.9 Å². The smallest absolute Gasteiger partial charge is 0.0139 e. The van der Waals surface area contributed by atoms with Gasteiger partial charge in [0.2, 0.25) is 0 Å². The van der Waals surface area contributed by atoms with Crippen LogP contribution < -0.4 is 5.32 Å². The molecule has 0 radical (unpaired) electrons. The van der Waals surface area contributed by atoms with Crippen molar-refractivity contribution in [3.8, 4) is 12.3 Å². The summed E-state index contributed by atoms with van der Waals surface area (Å²) in [4.78, 5) is 0. The molecule has 0 saturated carbocycles. The van der Waals surface area contributed by atoms with Crippen LogP contribution in [0.25, 0.3) is 0 Å². The first-order chi connectivity index (χ1) is 7.29. The van der Waals surface area contributed by atoms with Gasteiger partial charge in [-0.3, -0.25) is 0 Å². The first-order valence-corrected chi connectivity index (χ1v) is 5.45. The zero-order chi connectivity index (χ0) is 11.1.